The molecule has 1 saturated heterocycles. The van der Waals surface area contributed by atoms with Crippen LogP contribution in [-0.4, -0.2) is 49.4 Å². The fourth-order valence-corrected chi connectivity index (χ4v) is 3.83. The van der Waals surface area contributed by atoms with Crippen LogP contribution in [-0.2, 0) is 16.4 Å². The Kier molecular flexibility index (Phi) is 6.00. The lowest BCUT2D eigenvalue weighted by molar-refractivity contribution is -0.138. The van der Waals surface area contributed by atoms with Gasteiger partial charge in [-0.15, -0.1) is 0 Å². The average Bonchev–Trinajstić information content (AvgIpc) is 3.08. The third-order valence-electron chi connectivity index (χ3n) is 3.81. The molecule has 0 radical (unpaired) electrons. The van der Waals surface area contributed by atoms with Crippen molar-refractivity contribution in [1.29, 1.82) is 0 Å². The average molecular weight is 410 g/mol. The van der Waals surface area contributed by atoms with E-state index in [1.807, 2.05) is 0 Å². The number of amides is 1. The number of rotatable bonds is 6. The monoisotopic (exact) mass is 410 g/mol. The second-order valence-electron chi connectivity index (χ2n) is 5.68. The van der Waals surface area contributed by atoms with Gasteiger partial charge in [-0.3, -0.25) is 4.79 Å². The van der Waals surface area contributed by atoms with Gasteiger partial charge in [0.05, 0.1) is 23.3 Å². The third-order valence-corrected chi connectivity index (χ3v) is 5.30. The number of hydrogen-bond donors (Lipinski definition) is 2. The normalized spacial score (nSPS) is 15.6. The number of benzene rings is 1. The van der Waals surface area contributed by atoms with Crippen molar-refractivity contribution in [2.24, 2.45) is 0 Å². The molecule has 1 aromatic rings. The molecule has 1 aromatic carbocycles. The number of hydrogen-bond acceptors (Lipinski definition) is 5. The van der Waals surface area contributed by atoms with Crippen molar-refractivity contribution in [3.05, 3.63) is 28.8 Å². The molecule has 0 bridgehead atoms. The van der Waals surface area contributed by atoms with Crippen molar-refractivity contribution in [2.75, 3.05) is 19.7 Å². The Morgan fingerprint density at radius 3 is 2.33 bits per heavy atom. The summed E-state index contributed by atoms with van der Waals surface area (Å²) in [6, 6.07) is 1.01. The Balaban J connectivity index is 2.55. The molecule has 27 heavy (non-hydrogen) atoms. The first-order chi connectivity index (χ1) is 12.5. The van der Waals surface area contributed by atoms with Gasteiger partial charge in [0.2, 0.25) is 0 Å². The Morgan fingerprint density at radius 2 is 1.85 bits per heavy atom. The van der Waals surface area contributed by atoms with E-state index >= 15 is 0 Å². The lowest BCUT2D eigenvalue weighted by Gasteiger charge is -2.20. The quantitative estimate of drug-likeness (QED) is 0.740. The Morgan fingerprint density at radius 1 is 1.26 bits per heavy atom. The minimum Gasteiger partial charge on any atom is -0.493 e. The molecule has 1 heterocycles. The fraction of sp³-hybridized carbons (Fsp3) is 0.467. The molecule has 0 atom stereocenters. The smallest absolute Gasteiger partial charge is 0.417 e. The molecular weight excluding hydrogens is 393 g/mol. The summed E-state index contributed by atoms with van der Waals surface area (Å²) < 4.78 is 72.2. The summed E-state index contributed by atoms with van der Waals surface area (Å²) in [5.74, 6) is -3.87. The maximum Gasteiger partial charge on any atom is 0.417 e. The Hall–Kier alpha value is -2.34. The molecule has 0 saturated carbocycles. The van der Waals surface area contributed by atoms with E-state index in [9.17, 15) is 31.2 Å². The number of carbonyl (C=O) groups excluding carboxylic acids is 1. The molecule has 1 aliphatic rings. The largest absolute Gasteiger partial charge is 0.493 e. The molecule has 12 heteroatoms. The van der Waals surface area contributed by atoms with Crippen molar-refractivity contribution in [3.63, 3.8) is 0 Å². The first kappa shape index (κ1) is 21.0. The van der Waals surface area contributed by atoms with E-state index in [1.165, 1.54) is 6.92 Å². The third kappa shape index (κ3) is 4.69. The number of aromatic carboxylic acids is 1. The first-order valence-electron chi connectivity index (χ1n) is 7.91. The van der Waals surface area contributed by atoms with E-state index in [2.05, 4.69) is 0 Å². The number of alkyl halides is 3. The van der Waals surface area contributed by atoms with Crippen LogP contribution in [0.1, 0.15) is 46.0 Å². The maximum absolute atomic E-state index is 13.4. The summed E-state index contributed by atoms with van der Waals surface area (Å²) >= 11 is 0. The van der Waals surface area contributed by atoms with Crippen molar-refractivity contribution in [2.45, 2.75) is 25.9 Å². The number of nitrogens with one attached hydrogen (secondary N) is 1. The van der Waals surface area contributed by atoms with Crippen molar-refractivity contribution >= 4 is 22.1 Å². The van der Waals surface area contributed by atoms with Gasteiger partial charge in [-0.25, -0.2) is 9.52 Å². The second-order valence-corrected chi connectivity index (χ2v) is 7.35. The highest BCUT2D eigenvalue weighted by atomic mass is 32.2. The predicted molar refractivity (Wildman–Crippen MR) is 86.8 cm³/mol. The minimum absolute atomic E-state index is 0.144. The molecular formula is C15H17F3N2O6S. The van der Waals surface area contributed by atoms with Crippen LogP contribution in [0.4, 0.5) is 13.2 Å². The molecule has 1 aliphatic heterocycles. The molecule has 2 N–H and O–H groups in total. The van der Waals surface area contributed by atoms with Gasteiger partial charge in [0.15, 0.2) is 0 Å². The number of carboxylic acid groups (broad SMARTS) is 1. The highest BCUT2D eigenvalue weighted by Gasteiger charge is 2.40. The van der Waals surface area contributed by atoms with Gasteiger partial charge in [0, 0.05) is 13.1 Å². The molecule has 8 nitrogen and oxygen atoms in total. The van der Waals surface area contributed by atoms with E-state index < -0.39 is 50.7 Å². The number of ether oxygens (including phenoxy) is 1. The van der Waals surface area contributed by atoms with Crippen LogP contribution in [0, 0.1) is 0 Å². The van der Waals surface area contributed by atoms with E-state index in [0.29, 0.717) is 12.8 Å². The Labute approximate surface area is 153 Å². The maximum atomic E-state index is 13.4. The molecule has 2 rings (SSSR count). The number of halogens is 3. The number of nitrogens with zero attached hydrogens (tertiary/aromatic N) is 1. The van der Waals surface area contributed by atoms with Gasteiger partial charge >= 0.3 is 22.4 Å². The van der Waals surface area contributed by atoms with Crippen LogP contribution in [0.3, 0.4) is 0 Å². The summed E-state index contributed by atoms with van der Waals surface area (Å²) in [4.78, 5) is 23.5. The van der Waals surface area contributed by atoms with E-state index in [-0.39, 0.29) is 25.8 Å². The zero-order chi connectivity index (χ0) is 20.4. The van der Waals surface area contributed by atoms with Crippen LogP contribution < -0.4 is 9.46 Å². The molecule has 1 fully saturated rings. The SMILES string of the molecule is CCOc1cc(C(=O)O)cc(C(F)(F)F)c1C(=O)NS(=O)(=O)N1CCCC1. The Bertz CT molecular complexity index is 848. The lowest BCUT2D eigenvalue weighted by Crippen LogP contribution is -2.42. The minimum atomic E-state index is -5.11. The summed E-state index contributed by atoms with van der Waals surface area (Å²) in [6.45, 7) is 1.54. The summed E-state index contributed by atoms with van der Waals surface area (Å²) in [5, 5.41) is 9.00. The fourth-order valence-electron chi connectivity index (χ4n) is 2.63. The highest BCUT2D eigenvalue weighted by molar-refractivity contribution is 7.87. The molecule has 0 unspecified atom stereocenters. The van der Waals surface area contributed by atoms with Gasteiger partial charge in [-0.2, -0.15) is 25.9 Å². The van der Waals surface area contributed by atoms with Gasteiger partial charge in [0.1, 0.15) is 5.75 Å². The standard InChI is InChI=1S/C15H17F3N2O6S/c1-2-26-11-8-9(14(22)23)7-10(15(16,17)18)12(11)13(21)19-27(24,25)20-5-3-4-6-20/h7-8H,2-6H2,1H3,(H,19,21)(H,22,23). The number of carbonyl (C=O) groups is 2. The van der Waals surface area contributed by atoms with Crippen LogP contribution >= 0.6 is 0 Å². The molecule has 0 aliphatic carbocycles. The van der Waals surface area contributed by atoms with Crippen LogP contribution in [0.5, 0.6) is 5.75 Å². The van der Waals surface area contributed by atoms with Crippen LogP contribution in [0.2, 0.25) is 0 Å². The van der Waals surface area contributed by atoms with Crippen LogP contribution in [0.15, 0.2) is 12.1 Å². The van der Waals surface area contributed by atoms with Crippen LogP contribution in [0.25, 0.3) is 0 Å². The van der Waals surface area contributed by atoms with Gasteiger partial charge in [-0.05, 0) is 31.9 Å². The zero-order valence-electron chi connectivity index (χ0n) is 14.2. The van der Waals surface area contributed by atoms with E-state index in [1.54, 1.807) is 4.72 Å². The van der Waals surface area contributed by atoms with E-state index in [0.717, 1.165) is 10.4 Å². The van der Waals surface area contributed by atoms with Crippen molar-refractivity contribution < 1.29 is 41.0 Å². The van der Waals surface area contributed by atoms with Gasteiger partial charge in [0.25, 0.3) is 5.91 Å². The summed E-state index contributed by atoms with van der Waals surface area (Å²) in [6.07, 6.45) is -3.97. The first-order valence-corrected chi connectivity index (χ1v) is 9.35. The van der Waals surface area contributed by atoms with Gasteiger partial charge < -0.3 is 9.84 Å². The molecule has 150 valence electrons. The topological polar surface area (TPSA) is 113 Å². The lowest BCUT2D eigenvalue weighted by atomic mass is 10.0. The summed E-state index contributed by atoms with van der Waals surface area (Å²) in [7, 11) is -4.33. The number of carboxylic acids is 1. The predicted octanol–water partition coefficient (Wildman–Crippen LogP) is 1.87. The van der Waals surface area contributed by atoms with Crippen molar-refractivity contribution in [3.8, 4) is 5.75 Å². The molecule has 1 amide bonds. The van der Waals surface area contributed by atoms with Gasteiger partial charge in [-0.1, -0.05) is 0 Å². The second kappa shape index (κ2) is 7.72. The molecule has 0 spiro atoms. The molecule has 0 aromatic heterocycles. The summed E-state index contributed by atoms with van der Waals surface area (Å²) in [5.41, 5.74) is -3.43. The van der Waals surface area contributed by atoms with Crippen molar-refractivity contribution in [1.82, 2.24) is 9.03 Å². The highest BCUT2D eigenvalue weighted by Crippen LogP contribution is 2.37. The van der Waals surface area contributed by atoms with E-state index in [4.69, 9.17) is 9.84 Å². The zero-order valence-corrected chi connectivity index (χ0v) is 15.0.